The Morgan fingerprint density at radius 1 is 1.50 bits per heavy atom. The second kappa shape index (κ2) is 5.24. The Labute approximate surface area is 111 Å². The van der Waals surface area contributed by atoms with Gasteiger partial charge in [-0.15, -0.1) is 0 Å². The molecule has 1 heterocycles. The van der Waals surface area contributed by atoms with Gasteiger partial charge in [0.25, 0.3) is 0 Å². The number of benzene rings is 1. The highest BCUT2D eigenvalue weighted by atomic mass is 35.5. The van der Waals surface area contributed by atoms with Gasteiger partial charge in [0.2, 0.25) is 10.0 Å². The molecular weight excluding hydrogens is 274 g/mol. The molecule has 18 heavy (non-hydrogen) atoms. The molecule has 1 saturated heterocycles. The fraction of sp³-hybridized carbons (Fsp3) is 0.364. The van der Waals surface area contributed by atoms with E-state index in [4.69, 9.17) is 16.9 Å². The van der Waals surface area contributed by atoms with Crippen molar-refractivity contribution < 1.29 is 8.42 Å². The van der Waals surface area contributed by atoms with Crippen LogP contribution in [-0.4, -0.2) is 27.5 Å². The van der Waals surface area contributed by atoms with Crippen LogP contribution in [0.15, 0.2) is 23.1 Å². The summed E-state index contributed by atoms with van der Waals surface area (Å²) in [7, 11) is -3.68. The van der Waals surface area contributed by atoms with Gasteiger partial charge < -0.3 is 5.32 Å². The maximum atomic E-state index is 12.1. The van der Waals surface area contributed by atoms with Crippen LogP contribution >= 0.6 is 11.6 Å². The highest BCUT2D eigenvalue weighted by Gasteiger charge is 2.24. The lowest BCUT2D eigenvalue weighted by Gasteiger charge is -2.13. The number of halogens is 1. The van der Waals surface area contributed by atoms with E-state index >= 15 is 0 Å². The molecule has 0 radical (unpaired) electrons. The quantitative estimate of drug-likeness (QED) is 0.863. The highest BCUT2D eigenvalue weighted by Crippen LogP contribution is 2.22. The molecule has 1 aliphatic rings. The standard InChI is InChI=1S/C11H12ClN3O2S/c12-10-2-1-8(6-13)5-11(10)18(16,17)15-9-3-4-14-7-9/h1-2,5,9,14-15H,3-4,7H2. The minimum atomic E-state index is -3.68. The van der Waals surface area contributed by atoms with E-state index in [0.29, 0.717) is 6.54 Å². The van der Waals surface area contributed by atoms with Crippen molar-refractivity contribution in [2.75, 3.05) is 13.1 Å². The molecule has 96 valence electrons. The van der Waals surface area contributed by atoms with Gasteiger partial charge in [-0.3, -0.25) is 0 Å². The molecule has 0 bridgehead atoms. The van der Waals surface area contributed by atoms with Gasteiger partial charge in [0, 0.05) is 12.6 Å². The Balaban J connectivity index is 2.31. The number of nitriles is 1. The van der Waals surface area contributed by atoms with E-state index in [2.05, 4.69) is 10.0 Å². The van der Waals surface area contributed by atoms with Crippen LogP contribution in [0, 0.1) is 11.3 Å². The van der Waals surface area contributed by atoms with Crippen LogP contribution < -0.4 is 10.0 Å². The minimum Gasteiger partial charge on any atom is -0.315 e. The smallest absolute Gasteiger partial charge is 0.242 e. The number of nitrogens with one attached hydrogen (secondary N) is 2. The van der Waals surface area contributed by atoms with Crippen molar-refractivity contribution in [2.45, 2.75) is 17.4 Å². The molecule has 1 aromatic carbocycles. The Morgan fingerprint density at radius 2 is 2.28 bits per heavy atom. The predicted octanol–water partition coefficient (Wildman–Crippen LogP) is 0.852. The van der Waals surface area contributed by atoms with Crippen LogP contribution in [0.4, 0.5) is 0 Å². The molecule has 1 atom stereocenters. The zero-order chi connectivity index (χ0) is 13.2. The Kier molecular flexibility index (Phi) is 3.88. The first-order chi connectivity index (χ1) is 8.53. The molecule has 5 nitrogen and oxygen atoms in total. The number of hydrogen-bond acceptors (Lipinski definition) is 4. The van der Waals surface area contributed by atoms with E-state index in [1.165, 1.54) is 18.2 Å². The average molecular weight is 286 g/mol. The fourth-order valence-corrected chi connectivity index (χ4v) is 3.61. The Bertz CT molecular complexity index is 589. The van der Waals surface area contributed by atoms with Gasteiger partial charge >= 0.3 is 0 Å². The van der Waals surface area contributed by atoms with Crippen LogP contribution in [0.5, 0.6) is 0 Å². The molecule has 0 aromatic heterocycles. The summed E-state index contributed by atoms with van der Waals surface area (Å²) in [5.41, 5.74) is 0.268. The first-order valence-electron chi connectivity index (χ1n) is 5.45. The summed E-state index contributed by atoms with van der Waals surface area (Å²) in [4.78, 5) is -0.0462. The molecule has 2 N–H and O–H groups in total. The van der Waals surface area contributed by atoms with Gasteiger partial charge in [-0.05, 0) is 31.2 Å². The monoisotopic (exact) mass is 285 g/mol. The maximum absolute atomic E-state index is 12.1. The summed E-state index contributed by atoms with van der Waals surface area (Å²) < 4.78 is 26.9. The van der Waals surface area contributed by atoms with Crippen LogP contribution in [0.3, 0.4) is 0 Å². The van der Waals surface area contributed by atoms with Crippen molar-refractivity contribution in [2.24, 2.45) is 0 Å². The molecule has 0 aliphatic carbocycles. The number of rotatable bonds is 3. The number of nitrogens with zero attached hydrogens (tertiary/aromatic N) is 1. The SMILES string of the molecule is N#Cc1ccc(Cl)c(S(=O)(=O)NC2CCNC2)c1. The van der Waals surface area contributed by atoms with Crippen molar-refractivity contribution in [1.29, 1.82) is 5.26 Å². The lowest BCUT2D eigenvalue weighted by atomic mass is 10.2. The highest BCUT2D eigenvalue weighted by molar-refractivity contribution is 7.89. The Morgan fingerprint density at radius 3 is 2.89 bits per heavy atom. The third-order valence-electron chi connectivity index (χ3n) is 2.73. The van der Waals surface area contributed by atoms with E-state index in [0.717, 1.165) is 13.0 Å². The lowest BCUT2D eigenvalue weighted by molar-refractivity contribution is 0.560. The van der Waals surface area contributed by atoms with Crippen LogP contribution in [-0.2, 0) is 10.0 Å². The number of hydrogen-bond donors (Lipinski definition) is 2. The largest absolute Gasteiger partial charge is 0.315 e. The van der Waals surface area contributed by atoms with Crippen molar-refractivity contribution in [3.8, 4) is 6.07 Å². The van der Waals surface area contributed by atoms with Crippen LogP contribution in [0.25, 0.3) is 0 Å². The molecule has 0 amide bonds. The number of sulfonamides is 1. The topological polar surface area (TPSA) is 82.0 Å². The van der Waals surface area contributed by atoms with Gasteiger partial charge in [-0.2, -0.15) is 5.26 Å². The second-order valence-corrected chi connectivity index (χ2v) is 6.16. The first-order valence-corrected chi connectivity index (χ1v) is 7.32. The zero-order valence-corrected chi connectivity index (χ0v) is 11.1. The molecule has 1 fully saturated rings. The molecule has 7 heteroatoms. The zero-order valence-electron chi connectivity index (χ0n) is 9.48. The molecule has 2 rings (SSSR count). The van der Waals surface area contributed by atoms with Gasteiger partial charge in [0.05, 0.1) is 16.7 Å². The summed E-state index contributed by atoms with van der Waals surface area (Å²) >= 11 is 5.88. The normalized spacial score (nSPS) is 19.7. The second-order valence-electron chi connectivity index (χ2n) is 4.07. The molecule has 1 aromatic rings. The van der Waals surface area contributed by atoms with Gasteiger partial charge in [-0.1, -0.05) is 11.6 Å². The molecule has 0 spiro atoms. The summed E-state index contributed by atoms with van der Waals surface area (Å²) in [6.07, 6.45) is 0.745. The van der Waals surface area contributed by atoms with Crippen molar-refractivity contribution in [3.63, 3.8) is 0 Å². The van der Waals surface area contributed by atoms with Crippen molar-refractivity contribution in [3.05, 3.63) is 28.8 Å². The maximum Gasteiger partial charge on any atom is 0.242 e. The molecule has 0 saturated carbocycles. The lowest BCUT2D eigenvalue weighted by Crippen LogP contribution is -2.36. The van der Waals surface area contributed by atoms with E-state index in [9.17, 15) is 8.42 Å². The molecule has 1 unspecified atom stereocenters. The van der Waals surface area contributed by atoms with E-state index < -0.39 is 10.0 Å². The van der Waals surface area contributed by atoms with E-state index in [-0.39, 0.29) is 21.5 Å². The fourth-order valence-electron chi connectivity index (χ4n) is 1.82. The average Bonchev–Trinajstić information content (AvgIpc) is 2.81. The summed E-state index contributed by atoms with van der Waals surface area (Å²) in [6, 6.07) is 5.96. The van der Waals surface area contributed by atoms with Gasteiger partial charge in [0.1, 0.15) is 4.90 Å². The van der Waals surface area contributed by atoms with Crippen molar-refractivity contribution >= 4 is 21.6 Å². The van der Waals surface area contributed by atoms with Gasteiger partial charge in [0.15, 0.2) is 0 Å². The summed E-state index contributed by atoms with van der Waals surface area (Å²) in [6.45, 7) is 1.40. The molecule has 1 aliphatic heterocycles. The summed E-state index contributed by atoms with van der Waals surface area (Å²) in [5, 5.41) is 12.0. The first kappa shape index (κ1) is 13.3. The van der Waals surface area contributed by atoms with Crippen LogP contribution in [0.1, 0.15) is 12.0 Å². The van der Waals surface area contributed by atoms with E-state index in [1.807, 2.05) is 6.07 Å². The minimum absolute atomic E-state index is 0.0462. The molecular formula is C11H12ClN3O2S. The predicted molar refractivity (Wildman–Crippen MR) is 67.8 cm³/mol. The van der Waals surface area contributed by atoms with Crippen molar-refractivity contribution in [1.82, 2.24) is 10.0 Å². The third-order valence-corrected chi connectivity index (χ3v) is 4.73. The van der Waals surface area contributed by atoms with Gasteiger partial charge in [-0.25, -0.2) is 13.1 Å². The third kappa shape index (κ3) is 2.82. The van der Waals surface area contributed by atoms with Crippen LogP contribution in [0.2, 0.25) is 5.02 Å². The van der Waals surface area contributed by atoms with E-state index in [1.54, 1.807) is 0 Å². The Hall–Kier alpha value is -1.13. The summed E-state index contributed by atoms with van der Waals surface area (Å²) in [5.74, 6) is 0.